The molecule has 2 N–H and O–H groups in total. The van der Waals surface area contributed by atoms with Crippen molar-refractivity contribution in [1.82, 2.24) is 9.80 Å². The predicted octanol–water partition coefficient (Wildman–Crippen LogP) is 1.55. The van der Waals surface area contributed by atoms with Crippen molar-refractivity contribution in [3.05, 3.63) is 29.8 Å². The van der Waals surface area contributed by atoms with E-state index in [4.69, 9.17) is 5.11 Å². The fourth-order valence-corrected chi connectivity index (χ4v) is 2.28. The molecule has 1 atom stereocenters. The third-order valence-corrected chi connectivity index (χ3v) is 3.54. The maximum absolute atomic E-state index is 12.1. The summed E-state index contributed by atoms with van der Waals surface area (Å²) in [6.45, 7) is 1.41. The minimum absolute atomic E-state index is 0.162. The molecule has 20 heavy (non-hydrogen) atoms. The van der Waals surface area contributed by atoms with E-state index in [1.165, 1.54) is 12.1 Å². The quantitative estimate of drug-likeness (QED) is 0.879. The van der Waals surface area contributed by atoms with Crippen molar-refractivity contribution in [3.8, 4) is 0 Å². The summed E-state index contributed by atoms with van der Waals surface area (Å²) in [5, 5.41) is 11.7. The Morgan fingerprint density at radius 2 is 2.15 bits per heavy atom. The monoisotopic (exact) mass is 277 g/mol. The topological polar surface area (TPSA) is 72.9 Å². The van der Waals surface area contributed by atoms with E-state index in [1.807, 2.05) is 14.1 Å². The van der Waals surface area contributed by atoms with Crippen LogP contribution in [-0.2, 0) is 0 Å². The van der Waals surface area contributed by atoms with Gasteiger partial charge < -0.3 is 20.2 Å². The molecule has 6 nitrogen and oxygen atoms in total. The Hall–Kier alpha value is -2.08. The summed E-state index contributed by atoms with van der Waals surface area (Å²) in [5.41, 5.74) is 0.665. The Bertz CT molecular complexity index is 516. The van der Waals surface area contributed by atoms with Crippen molar-refractivity contribution >= 4 is 17.7 Å². The van der Waals surface area contributed by atoms with Crippen LogP contribution in [0.1, 0.15) is 16.8 Å². The highest BCUT2D eigenvalue weighted by molar-refractivity contribution is 5.93. The smallest absolute Gasteiger partial charge is 0.335 e. The Labute approximate surface area is 118 Å². The average molecular weight is 277 g/mol. The van der Waals surface area contributed by atoms with Crippen LogP contribution in [-0.4, -0.2) is 60.1 Å². The number of carbonyl (C=O) groups is 2. The van der Waals surface area contributed by atoms with Crippen LogP contribution in [0.3, 0.4) is 0 Å². The second-order valence-electron chi connectivity index (χ2n) is 5.17. The summed E-state index contributed by atoms with van der Waals surface area (Å²) in [5.74, 6) is -1.00. The number of likely N-dealkylation sites (N-methyl/N-ethyl adjacent to an activating group) is 1. The maximum atomic E-state index is 12.1. The normalized spacial score (nSPS) is 18.4. The van der Waals surface area contributed by atoms with E-state index in [9.17, 15) is 9.59 Å². The highest BCUT2D eigenvalue weighted by Gasteiger charge is 2.27. The largest absolute Gasteiger partial charge is 0.478 e. The lowest BCUT2D eigenvalue weighted by Crippen LogP contribution is -2.36. The molecule has 0 bridgehead atoms. The predicted molar refractivity (Wildman–Crippen MR) is 76.1 cm³/mol. The first-order valence-electron chi connectivity index (χ1n) is 6.53. The molecule has 0 saturated carbocycles. The zero-order valence-corrected chi connectivity index (χ0v) is 11.7. The number of likely N-dealkylation sites (tertiary alicyclic amines) is 1. The first-order chi connectivity index (χ1) is 9.47. The van der Waals surface area contributed by atoms with Crippen LogP contribution in [0.4, 0.5) is 10.5 Å². The number of rotatable bonds is 3. The van der Waals surface area contributed by atoms with Gasteiger partial charge in [-0.25, -0.2) is 9.59 Å². The summed E-state index contributed by atoms with van der Waals surface area (Å²) in [4.78, 5) is 26.9. The van der Waals surface area contributed by atoms with Crippen molar-refractivity contribution in [2.75, 3.05) is 32.5 Å². The lowest BCUT2D eigenvalue weighted by atomic mass is 10.2. The van der Waals surface area contributed by atoms with E-state index in [1.54, 1.807) is 17.0 Å². The Morgan fingerprint density at radius 1 is 1.40 bits per heavy atom. The number of carbonyl (C=O) groups excluding carboxylic acids is 1. The van der Waals surface area contributed by atoms with Gasteiger partial charge in [0.15, 0.2) is 0 Å². The molecule has 1 unspecified atom stereocenters. The summed E-state index contributed by atoms with van der Waals surface area (Å²) >= 11 is 0. The molecule has 0 aromatic heterocycles. The number of urea groups is 1. The summed E-state index contributed by atoms with van der Waals surface area (Å²) in [6.07, 6.45) is 0.954. The molecule has 1 aliphatic rings. The van der Waals surface area contributed by atoms with Gasteiger partial charge in [0.2, 0.25) is 0 Å². The Morgan fingerprint density at radius 3 is 2.75 bits per heavy atom. The standard InChI is InChI=1S/C14H19N3O3/c1-16(2)12-6-7-17(9-12)14(20)15-11-5-3-4-10(8-11)13(18)19/h3-5,8,12H,6-7,9H2,1-2H3,(H,15,20)(H,18,19). The summed E-state index contributed by atoms with van der Waals surface area (Å²) in [7, 11) is 4.00. The molecule has 1 heterocycles. The lowest BCUT2D eigenvalue weighted by Gasteiger charge is -2.20. The molecule has 2 amide bonds. The number of nitrogens with zero attached hydrogens (tertiary/aromatic N) is 2. The van der Waals surface area contributed by atoms with Gasteiger partial charge in [0.25, 0.3) is 0 Å². The molecule has 0 spiro atoms. The molecule has 1 aliphatic heterocycles. The van der Waals surface area contributed by atoms with E-state index in [-0.39, 0.29) is 11.6 Å². The van der Waals surface area contributed by atoms with Crippen LogP contribution in [0, 0.1) is 0 Å². The summed E-state index contributed by atoms with van der Waals surface area (Å²) in [6, 6.07) is 6.45. The molecule has 1 fully saturated rings. The van der Waals surface area contributed by atoms with Crippen molar-refractivity contribution in [1.29, 1.82) is 0 Å². The molecule has 108 valence electrons. The zero-order valence-electron chi connectivity index (χ0n) is 11.7. The minimum atomic E-state index is -1.00. The van der Waals surface area contributed by atoms with E-state index in [0.717, 1.165) is 6.42 Å². The van der Waals surface area contributed by atoms with Crippen LogP contribution < -0.4 is 5.32 Å². The van der Waals surface area contributed by atoms with Crippen LogP contribution in [0.15, 0.2) is 24.3 Å². The van der Waals surface area contributed by atoms with Gasteiger partial charge in [-0.05, 0) is 38.7 Å². The molecular weight excluding hydrogens is 258 g/mol. The number of nitrogens with one attached hydrogen (secondary N) is 1. The third-order valence-electron chi connectivity index (χ3n) is 3.54. The summed E-state index contributed by atoms with van der Waals surface area (Å²) < 4.78 is 0. The fourth-order valence-electron chi connectivity index (χ4n) is 2.28. The second kappa shape index (κ2) is 5.92. The van der Waals surface area contributed by atoms with Crippen molar-refractivity contribution in [3.63, 3.8) is 0 Å². The molecule has 6 heteroatoms. The molecular formula is C14H19N3O3. The van der Waals surface area contributed by atoms with Crippen LogP contribution in [0.2, 0.25) is 0 Å². The highest BCUT2D eigenvalue weighted by Crippen LogP contribution is 2.16. The first kappa shape index (κ1) is 14.3. The first-order valence-corrected chi connectivity index (χ1v) is 6.53. The van der Waals surface area contributed by atoms with Gasteiger partial charge >= 0.3 is 12.0 Å². The van der Waals surface area contributed by atoms with Gasteiger partial charge in [0, 0.05) is 24.8 Å². The number of carboxylic acids is 1. The minimum Gasteiger partial charge on any atom is -0.478 e. The van der Waals surface area contributed by atoms with Crippen molar-refractivity contribution in [2.45, 2.75) is 12.5 Å². The van der Waals surface area contributed by atoms with Gasteiger partial charge in [-0.3, -0.25) is 0 Å². The van der Waals surface area contributed by atoms with Crippen LogP contribution in [0.25, 0.3) is 0 Å². The number of benzene rings is 1. The van der Waals surface area contributed by atoms with E-state index < -0.39 is 5.97 Å². The average Bonchev–Trinajstić information content (AvgIpc) is 2.88. The second-order valence-corrected chi connectivity index (χ2v) is 5.17. The Kier molecular flexibility index (Phi) is 4.24. The number of aromatic carboxylic acids is 1. The number of carboxylic acid groups (broad SMARTS) is 1. The van der Waals surface area contributed by atoms with Gasteiger partial charge in [-0.15, -0.1) is 0 Å². The third kappa shape index (κ3) is 3.27. The molecule has 0 aliphatic carbocycles. The highest BCUT2D eigenvalue weighted by atomic mass is 16.4. The fraction of sp³-hybridized carbons (Fsp3) is 0.429. The number of amides is 2. The molecule has 0 radical (unpaired) electrons. The Balaban J connectivity index is 1.98. The van der Waals surface area contributed by atoms with Gasteiger partial charge in [-0.2, -0.15) is 0 Å². The van der Waals surface area contributed by atoms with Crippen LogP contribution in [0.5, 0.6) is 0 Å². The van der Waals surface area contributed by atoms with E-state index >= 15 is 0 Å². The molecule has 1 saturated heterocycles. The number of hydrogen-bond donors (Lipinski definition) is 2. The van der Waals surface area contributed by atoms with Gasteiger partial charge in [0.1, 0.15) is 0 Å². The number of hydrogen-bond acceptors (Lipinski definition) is 3. The maximum Gasteiger partial charge on any atom is 0.335 e. The SMILES string of the molecule is CN(C)C1CCN(C(=O)Nc2cccc(C(=O)O)c2)C1. The number of anilines is 1. The van der Waals surface area contributed by atoms with Crippen LogP contribution >= 0.6 is 0 Å². The van der Waals surface area contributed by atoms with E-state index in [0.29, 0.717) is 24.8 Å². The van der Waals surface area contributed by atoms with Gasteiger partial charge in [0.05, 0.1) is 5.56 Å². The molecule has 1 aromatic rings. The molecule has 2 rings (SSSR count). The van der Waals surface area contributed by atoms with Crippen molar-refractivity contribution in [2.24, 2.45) is 0 Å². The van der Waals surface area contributed by atoms with E-state index in [2.05, 4.69) is 10.2 Å². The van der Waals surface area contributed by atoms with Crippen molar-refractivity contribution < 1.29 is 14.7 Å². The zero-order chi connectivity index (χ0) is 14.7. The lowest BCUT2D eigenvalue weighted by molar-refractivity contribution is 0.0697. The van der Waals surface area contributed by atoms with Gasteiger partial charge in [-0.1, -0.05) is 6.07 Å². The molecule has 1 aromatic carbocycles.